The highest BCUT2D eigenvalue weighted by Gasteiger charge is 2.26. The molecule has 0 radical (unpaired) electrons. The third kappa shape index (κ3) is 2.28. The van der Waals surface area contributed by atoms with Gasteiger partial charge in [0.2, 0.25) is 0 Å². The van der Waals surface area contributed by atoms with Gasteiger partial charge < -0.3 is 5.11 Å². The molecule has 1 N–H and O–H groups in total. The molecule has 2 heteroatoms. The predicted molar refractivity (Wildman–Crippen MR) is 73.6 cm³/mol. The molecule has 90 valence electrons. The second-order valence-electron chi connectivity index (χ2n) is 4.82. The van der Waals surface area contributed by atoms with E-state index in [4.69, 9.17) is 0 Å². The molecule has 2 aromatic rings. The summed E-state index contributed by atoms with van der Waals surface area (Å²) in [6, 6.07) is 8.20. The van der Waals surface area contributed by atoms with Gasteiger partial charge in [0, 0.05) is 4.88 Å². The van der Waals surface area contributed by atoms with Gasteiger partial charge in [0.15, 0.2) is 0 Å². The minimum Gasteiger partial charge on any atom is -0.381 e. The van der Waals surface area contributed by atoms with Gasteiger partial charge in [0.25, 0.3) is 0 Å². The van der Waals surface area contributed by atoms with Crippen LogP contribution >= 0.6 is 11.3 Å². The minimum atomic E-state index is -0.900. The Balaban J connectivity index is 2.47. The van der Waals surface area contributed by atoms with E-state index in [-0.39, 0.29) is 0 Å². The van der Waals surface area contributed by atoms with Crippen molar-refractivity contribution in [1.82, 2.24) is 0 Å². The summed E-state index contributed by atoms with van der Waals surface area (Å²) in [6.45, 7) is 8.08. The molecular formula is C15H18OS. The highest BCUT2D eigenvalue weighted by molar-refractivity contribution is 7.10. The lowest BCUT2D eigenvalue weighted by Gasteiger charge is -2.24. The van der Waals surface area contributed by atoms with Crippen molar-refractivity contribution in [2.75, 3.05) is 0 Å². The fourth-order valence-corrected chi connectivity index (χ4v) is 2.72. The SMILES string of the molecule is Cc1cc(C(C)(O)c2ccc(C)c(C)c2)cs1. The van der Waals surface area contributed by atoms with E-state index in [1.54, 1.807) is 11.3 Å². The van der Waals surface area contributed by atoms with E-state index in [1.807, 2.05) is 18.4 Å². The van der Waals surface area contributed by atoms with Crippen molar-refractivity contribution in [2.24, 2.45) is 0 Å². The second-order valence-corrected chi connectivity index (χ2v) is 5.93. The summed E-state index contributed by atoms with van der Waals surface area (Å²) in [4.78, 5) is 1.23. The molecule has 2 rings (SSSR count). The number of aliphatic hydroxyl groups is 1. The Labute approximate surface area is 107 Å². The molecule has 1 aromatic heterocycles. The number of thiophene rings is 1. The fourth-order valence-electron chi connectivity index (χ4n) is 1.91. The Morgan fingerprint density at radius 2 is 1.71 bits per heavy atom. The topological polar surface area (TPSA) is 20.2 Å². The molecule has 0 aliphatic heterocycles. The monoisotopic (exact) mass is 246 g/mol. The van der Waals surface area contributed by atoms with Gasteiger partial charge in [0.05, 0.1) is 0 Å². The predicted octanol–water partition coefficient (Wildman–Crippen LogP) is 3.93. The summed E-state index contributed by atoms with van der Waals surface area (Å²) in [6.07, 6.45) is 0. The van der Waals surface area contributed by atoms with Crippen molar-refractivity contribution in [3.63, 3.8) is 0 Å². The summed E-state index contributed by atoms with van der Waals surface area (Å²) < 4.78 is 0. The van der Waals surface area contributed by atoms with Crippen LogP contribution in [0.5, 0.6) is 0 Å². The lowest BCUT2D eigenvalue weighted by molar-refractivity contribution is 0.103. The number of hydrogen-bond acceptors (Lipinski definition) is 2. The van der Waals surface area contributed by atoms with Crippen molar-refractivity contribution >= 4 is 11.3 Å². The third-order valence-electron chi connectivity index (χ3n) is 3.36. The molecule has 1 aromatic carbocycles. The fraction of sp³-hybridized carbons (Fsp3) is 0.333. The molecule has 1 unspecified atom stereocenters. The van der Waals surface area contributed by atoms with Gasteiger partial charge in [-0.2, -0.15) is 0 Å². The highest BCUT2D eigenvalue weighted by atomic mass is 32.1. The zero-order chi connectivity index (χ0) is 12.6. The Hall–Kier alpha value is -1.12. The highest BCUT2D eigenvalue weighted by Crippen LogP contribution is 2.32. The van der Waals surface area contributed by atoms with Crippen molar-refractivity contribution in [2.45, 2.75) is 33.3 Å². The largest absolute Gasteiger partial charge is 0.381 e. The molecule has 0 spiro atoms. The summed E-state index contributed by atoms with van der Waals surface area (Å²) in [5, 5.41) is 12.7. The summed E-state index contributed by atoms with van der Waals surface area (Å²) >= 11 is 1.67. The Kier molecular flexibility index (Phi) is 3.11. The van der Waals surface area contributed by atoms with E-state index >= 15 is 0 Å². The molecule has 0 aliphatic carbocycles. The van der Waals surface area contributed by atoms with Crippen LogP contribution in [0.15, 0.2) is 29.6 Å². The second kappa shape index (κ2) is 4.28. The quantitative estimate of drug-likeness (QED) is 0.851. The Bertz CT molecular complexity index is 538. The van der Waals surface area contributed by atoms with E-state index < -0.39 is 5.60 Å². The van der Waals surface area contributed by atoms with Crippen LogP contribution < -0.4 is 0 Å². The van der Waals surface area contributed by atoms with Crippen LogP contribution in [0.2, 0.25) is 0 Å². The van der Waals surface area contributed by atoms with E-state index in [2.05, 4.69) is 39.0 Å². The molecule has 0 saturated carbocycles. The van der Waals surface area contributed by atoms with Crippen LogP contribution in [0.3, 0.4) is 0 Å². The maximum Gasteiger partial charge on any atom is 0.113 e. The maximum atomic E-state index is 10.7. The molecule has 0 saturated heterocycles. The van der Waals surface area contributed by atoms with Crippen LogP contribution in [0.4, 0.5) is 0 Å². The number of benzene rings is 1. The summed E-state index contributed by atoms with van der Waals surface area (Å²) in [7, 11) is 0. The molecule has 17 heavy (non-hydrogen) atoms. The lowest BCUT2D eigenvalue weighted by atomic mass is 9.88. The minimum absolute atomic E-state index is 0.900. The van der Waals surface area contributed by atoms with E-state index in [1.165, 1.54) is 16.0 Å². The van der Waals surface area contributed by atoms with E-state index in [0.717, 1.165) is 11.1 Å². The normalized spacial score (nSPS) is 14.6. The zero-order valence-corrected chi connectivity index (χ0v) is 11.6. The average Bonchev–Trinajstić information content (AvgIpc) is 2.69. The van der Waals surface area contributed by atoms with Gasteiger partial charge in [0.1, 0.15) is 5.60 Å². The van der Waals surface area contributed by atoms with Crippen molar-refractivity contribution in [3.05, 3.63) is 56.8 Å². The van der Waals surface area contributed by atoms with E-state index in [0.29, 0.717) is 0 Å². The first-order valence-electron chi connectivity index (χ1n) is 5.77. The third-order valence-corrected chi connectivity index (χ3v) is 4.22. The van der Waals surface area contributed by atoms with Gasteiger partial charge in [-0.05, 0) is 61.4 Å². The first-order valence-corrected chi connectivity index (χ1v) is 6.65. The van der Waals surface area contributed by atoms with Crippen molar-refractivity contribution in [1.29, 1.82) is 0 Å². The number of hydrogen-bond donors (Lipinski definition) is 1. The van der Waals surface area contributed by atoms with Crippen LogP contribution in [0.25, 0.3) is 0 Å². The zero-order valence-electron chi connectivity index (χ0n) is 10.7. The van der Waals surface area contributed by atoms with Crippen molar-refractivity contribution in [3.8, 4) is 0 Å². The van der Waals surface area contributed by atoms with E-state index in [9.17, 15) is 5.11 Å². The van der Waals surface area contributed by atoms with Gasteiger partial charge in [-0.15, -0.1) is 11.3 Å². The average molecular weight is 246 g/mol. The first kappa shape index (κ1) is 12.3. The smallest absolute Gasteiger partial charge is 0.113 e. The van der Waals surface area contributed by atoms with Crippen LogP contribution in [0.1, 0.15) is 34.1 Å². The molecule has 0 bridgehead atoms. The standard InChI is InChI=1S/C15H18OS/c1-10-5-6-13(7-11(10)2)15(4,16)14-8-12(3)17-9-14/h5-9,16H,1-4H3. The molecule has 0 aliphatic rings. The van der Waals surface area contributed by atoms with Crippen molar-refractivity contribution < 1.29 is 5.11 Å². The summed E-state index contributed by atoms with van der Waals surface area (Å²) in [5.41, 5.74) is 3.51. The molecule has 1 nitrogen and oxygen atoms in total. The lowest BCUT2D eigenvalue weighted by Crippen LogP contribution is -2.22. The van der Waals surface area contributed by atoms with Crippen LogP contribution in [-0.2, 0) is 5.60 Å². The summed E-state index contributed by atoms with van der Waals surface area (Å²) in [5.74, 6) is 0. The molecular weight excluding hydrogens is 228 g/mol. The molecule has 0 amide bonds. The molecule has 0 fully saturated rings. The maximum absolute atomic E-state index is 10.7. The van der Waals surface area contributed by atoms with Crippen LogP contribution in [0, 0.1) is 20.8 Å². The Morgan fingerprint density at radius 1 is 1.00 bits per heavy atom. The van der Waals surface area contributed by atoms with Gasteiger partial charge in [-0.25, -0.2) is 0 Å². The van der Waals surface area contributed by atoms with Gasteiger partial charge in [-0.1, -0.05) is 18.2 Å². The van der Waals surface area contributed by atoms with Gasteiger partial charge >= 0.3 is 0 Å². The van der Waals surface area contributed by atoms with Gasteiger partial charge in [-0.3, -0.25) is 0 Å². The number of rotatable bonds is 2. The molecule has 1 heterocycles. The number of aryl methyl sites for hydroxylation is 3. The Morgan fingerprint density at radius 3 is 2.24 bits per heavy atom. The molecule has 1 atom stereocenters. The van der Waals surface area contributed by atoms with Crippen LogP contribution in [-0.4, -0.2) is 5.11 Å². The first-order chi connectivity index (χ1) is 7.91.